The highest BCUT2D eigenvalue weighted by Crippen LogP contribution is 2.34. The highest BCUT2D eigenvalue weighted by Gasteiger charge is 2.23. The van der Waals surface area contributed by atoms with E-state index in [0.717, 1.165) is 29.2 Å². The molecule has 2 aromatic carbocycles. The van der Waals surface area contributed by atoms with Crippen LogP contribution in [0.1, 0.15) is 25.3 Å². The molecule has 0 saturated carbocycles. The number of nitrogens with one attached hydrogen (secondary N) is 1. The molecule has 0 radical (unpaired) electrons. The van der Waals surface area contributed by atoms with Crippen molar-refractivity contribution in [2.75, 3.05) is 48.3 Å². The van der Waals surface area contributed by atoms with Gasteiger partial charge in [-0.15, -0.1) is 0 Å². The van der Waals surface area contributed by atoms with Gasteiger partial charge in [0, 0.05) is 31.4 Å². The Labute approximate surface area is 195 Å². The van der Waals surface area contributed by atoms with Gasteiger partial charge in [0.2, 0.25) is 15.9 Å². The summed E-state index contributed by atoms with van der Waals surface area (Å²) < 4.78 is 36.9. The number of hydrogen-bond donors (Lipinski definition) is 1. The number of amides is 1. The molecule has 1 N–H and O–H groups in total. The first kappa shape index (κ1) is 23.2. The number of sulfonamides is 1. The minimum atomic E-state index is -3.67. The van der Waals surface area contributed by atoms with Gasteiger partial charge in [-0.2, -0.15) is 0 Å². The molecule has 1 amide bonds. The van der Waals surface area contributed by atoms with Gasteiger partial charge < -0.3 is 19.7 Å². The molecule has 4 rings (SSSR count). The number of fused-ring (bicyclic) bond motifs is 1. The molecule has 33 heavy (non-hydrogen) atoms. The van der Waals surface area contributed by atoms with E-state index in [4.69, 9.17) is 9.47 Å². The van der Waals surface area contributed by atoms with Crippen molar-refractivity contribution in [3.63, 3.8) is 0 Å². The first-order chi connectivity index (χ1) is 15.8. The number of ether oxygens (including phenoxy) is 2. The van der Waals surface area contributed by atoms with E-state index in [1.807, 2.05) is 12.1 Å². The molecule has 9 heteroatoms. The number of carbonyl (C=O) groups is 1. The fourth-order valence-corrected chi connectivity index (χ4v) is 5.07. The summed E-state index contributed by atoms with van der Waals surface area (Å²) in [6.45, 7) is 5.27. The summed E-state index contributed by atoms with van der Waals surface area (Å²) >= 11 is 0. The van der Waals surface area contributed by atoms with Gasteiger partial charge in [-0.1, -0.05) is 19.1 Å². The summed E-state index contributed by atoms with van der Waals surface area (Å²) in [6, 6.07) is 13.0. The van der Waals surface area contributed by atoms with E-state index in [2.05, 4.69) is 29.3 Å². The number of hydrogen-bond acceptors (Lipinski definition) is 6. The second-order valence-electron chi connectivity index (χ2n) is 8.73. The van der Waals surface area contributed by atoms with Crippen LogP contribution in [-0.4, -0.2) is 53.4 Å². The number of anilines is 2. The smallest absolute Gasteiger partial charge is 0.241 e. The van der Waals surface area contributed by atoms with Crippen molar-refractivity contribution in [3.8, 4) is 11.5 Å². The van der Waals surface area contributed by atoms with Gasteiger partial charge in [0.05, 0.1) is 11.9 Å². The summed E-state index contributed by atoms with van der Waals surface area (Å²) in [5, 5.41) is 2.83. The van der Waals surface area contributed by atoms with Crippen molar-refractivity contribution in [1.82, 2.24) is 5.32 Å². The molecule has 2 aliphatic heterocycles. The number of rotatable bonds is 7. The Balaban J connectivity index is 1.37. The van der Waals surface area contributed by atoms with Crippen LogP contribution in [0.5, 0.6) is 11.5 Å². The zero-order valence-electron chi connectivity index (χ0n) is 19.1. The van der Waals surface area contributed by atoms with Gasteiger partial charge >= 0.3 is 0 Å². The number of carbonyl (C=O) groups excluding carboxylic acids is 1. The second kappa shape index (κ2) is 9.91. The van der Waals surface area contributed by atoms with Crippen LogP contribution in [0, 0.1) is 5.92 Å². The Morgan fingerprint density at radius 1 is 1.12 bits per heavy atom. The van der Waals surface area contributed by atoms with Crippen LogP contribution in [0.4, 0.5) is 11.4 Å². The number of benzene rings is 2. The molecule has 1 atom stereocenters. The molecule has 1 unspecified atom stereocenters. The molecule has 0 aromatic heterocycles. The van der Waals surface area contributed by atoms with E-state index in [0.29, 0.717) is 42.9 Å². The summed E-state index contributed by atoms with van der Waals surface area (Å²) in [5.41, 5.74) is 2.51. The van der Waals surface area contributed by atoms with Crippen molar-refractivity contribution in [1.29, 1.82) is 0 Å². The van der Waals surface area contributed by atoms with Crippen molar-refractivity contribution in [2.45, 2.75) is 26.3 Å². The molecule has 0 bridgehead atoms. The maximum atomic E-state index is 12.6. The molecular weight excluding hydrogens is 442 g/mol. The molecule has 2 heterocycles. The topological polar surface area (TPSA) is 88.2 Å². The molecule has 8 nitrogen and oxygen atoms in total. The Morgan fingerprint density at radius 3 is 2.55 bits per heavy atom. The highest BCUT2D eigenvalue weighted by atomic mass is 32.2. The van der Waals surface area contributed by atoms with Crippen molar-refractivity contribution in [2.24, 2.45) is 5.92 Å². The Hall–Kier alpha value is -2.94. The first-order valence-electron chi connectivity index (χ1n) is 11.3. The fourth-order valence-electron chi connectivity index (χ4n) is 4.22. The largest absolute Gasteiger partial charge is 0.486 e. The standard InChI is InChI=1S/C24H31N3O5S/c1-18-4-3-11-26(16-18)20-7-5-19(6-8-20)15-25-24(28)17-27(33(2,29)30)21-9-10-22-23(14-21)32-13-12-31-22/h5-10,14,18H,3-4,11-13,15-17H2,1-2H3,(H,25,28). The SMILES string of the molecule is CC1CCCN(c2ccc(CNC(=O)CN(c3ccc4c(c3)OCCO4)S(C)(=O)=O)cc2)C1. The fraction of sp³-hybridized carbons (Fsp3) is 0.458. The Kier molecular flexibility index (Phi) is 6.97. The number of piperidine rings is 1. The number of nitrogens with zero attached hydrogens (tertiary/aromatic N) is 2. The van der Waals surface area contributed by atoms with Gasteiger partial charge in [-0.3, -0.25) is 9.10 Å². The zero-order valence-corrected chi connectivity index (χ0v) is 19.9. The van der Waals surface area contributed by atoms with Crippen molar-refractivity contribution < 1.29 is 22.7 Å². The van der Waals surface area contributed by atoms with Crippen molar-refractivity contribution in [3.05, 3.63) is 48.0 Å². The molecule has 178 valence electrons. The molecule has 2 aromatic rings. The monoisotopic (exact) mass is 473 g/mol. The first-order valence-corrected chi connectivity index (χ1v) is 13.1. The van der Waals surface area contributed by atoms with E-state index in [9.17, 15) is 13.2 Å². The van der Waals surface area contributed by atoms with E-state index in [1.165, 1.54) is 18.5 Å². The van der Waals surface area contributed by atoms with Crippen LogP contribution >= 0.6 is 0 Å². The van der Waals surface area contributed by atoms with Crippen LogP contribution in [0.25, 0.3) is 0 Å². The summed E-state index contributed by atoms with van der Waals surface area (Å²) in [4.78, 5) is 15.0. The van der Waals surface area contributed by atoms with Crippen LogP contribution in [0.2, 0.25) is 0 Å². The minimum absolute atomic E-state index is 0.317. The van der Waals surface area contributed by atoms with E-state index < -0.39 is 10.0 Å². The third-order valence-electron chi connectivity index (χ3n) is 5.95. The van der Waals surface area contributed by atoms with Crippen LogP contribution < -0.4 is 24.0 Å². The minimum Gasteiger partial charge on any atom is -0.486 e. The highest BCUT2D eigenvalue weighted by molar-refractivity contribution is 7.92. The molecule has 0 spiro atoms. The lowest BCUT2D eigenvalue weighted by atomic mass is 9.99. The summed E-state index contributed by atoms with van der Waals surface area (Å²) in [7, 11) is -3.67. The molecule has 2 aliphatic rings. The van der Waals surface area contributed by atoms with Crippen LogP contribution in [-0.2, 0) is 21.4 Å². The maximum Gasteiger partial charge on any atom is 0.241 e. The second-order valence-corrected chi connectivity index (χ2v) is 10.6. The van der Waals surface area contributed by atoms with Gasteiger partial charge in [0.25, 0.3) is 0 Å². The lowest BCUT2D eigenvalue weighted by molar-refractivity contribution is -0.119. The Morgan fingerprint density at radius 2 is 1.85 bits per heavy atom. The van der Waals surface area contributed by atoms with Crippen molar-refractivity contribution >= 4 is 27.3 Å². The Bertz CT molecular complexity index is 1090. The lowest BCUT2D eigenvalue weighted by Gasteiger charge is -2.32. The van der Waals surface area contributed by atoms with Gasteiger partial charge in [0.1, 0.15) is 19.8 Å². The van der Waals surface area contributed by atoms with Gasteiger partial charge in [-0.05, 0) is 48.6 Å². The van der Waals surface area contributed by atoms with Crippen LogP contribution in [0.3, 0.4) is 0 Å². The zero-order chi connectivity index (χ0) is 23.4. The third-order valence-corrected chi connectivity index (χ3v) is 7.09. The van der Waals surface area contributed by atoms with Gasteiger partial charge in [-0.25, -0.2) is 8.42 Å². The lowest BCUT2D eigenvalue weighted by Crippen LogP contribution is -2.40. The normalized spacial score (nSPS) is 18.0. The third kappa shape index (κ3) is 5.90. The quantitative estimate of drug-likeness (QED) is 0.665. The van der Waals surface area contributed by atoms with E-state index in [1.54, 1.807) is 18.2 Å². The van der Waals surface area contributed by atoms with Crippen LogP contribution in [0.15, 0.2) is 42.5 Å². The average molecular weight is 474 g/mol. The van der Waals surface area contributed by atoms with Gasteiger partial charge in [0.15, 0.2) is 11.5 Å². The predicted octanol–water partition coefficient (Wildman–Crippen LogP) is 2.78. The van der Waals surface area contributed by atoms with E-state index >= 15 is 0 Å². The molecule has 0 aliphatic carbocycles. The summed E-state index contributed by atoms with van der Waals surface area (Å²) in [5.74, 6) is 1.34. The maximum absolute atomic E-state index is 12.6. The summed E-state index contributed by atoms with van der Waals surface area (Å²) in [6.07, 6.45) is 3.56. The average Bonchev–Trinajstić information content (AvgIpc) is 2.80. The predicted molar refractivity (Wildman–Crippen MR) is 129 cm³/mol. The molecule has 1 fully saturated rings. The van der Waals surface area contributed by atoms with E-state index in [-0.39, 0.29) is 12.5 Å². The molecule has 1 saturated heterocycles. The molecular formula is C24H31N3O5S.